The smallest absolute Gasteiger partial charge is 0.0715 e. The number of ether oxygens (including phenoxy) is 1. The Morgan fingerprint density at radius 2 is 1.93 bits per heavy atom. The molecule has 1 N–H and O–H groups in total. The maximum Gasteiger partial charge on any atom is 0.0715 e. The summed E-state index contributed by atoms with van der Waals surface area (Å²) >= 11 is 0. The third-order valence-electron chi connectivity index (χ3n) is 2.01. The van der Waals surface area contributed by atoms with Gasteiger partial charge in [0.1, 0.15) is 0 Å². The third-order valence-corrected chi connectivity index (χ3v) is 2.01. The SMILES string of the molecule is OC1COC2CC[N-]C12.[CH3-].[U].[V].[W].[Y]. The van der Waals surface area contributed by atoms with Crippen LogP contribution in [-0.4, -0.2) is 36.5 Å². The first kappa shape index (κ1) is 26.0. The molecule has 0 aliphatic carbocycles. The van der Waals surface area contributed by atoms with Crippen molar-refractivity contribution >= 4 is 0 Å². The zero-order valence-electron chi connectivity index (χ0n) is 8.09. The van der Waals surface area contributed by atoms with Crippen molar-refractivity contribution in [3.8, 4) is 0 Å². The van der Waals surface area contributed by atoms with E-state index < -0.39 is 0 Å². The van der Waals surface area contributed by atoms with E-state index in [0.29, 0.717) is 6.61 Å². The zero-order chi connectivity index (χ0) is 6.27. The molecule has 2 fully saturated rings. The van der Waals surface area contributed by atoms with Crippen molar-refractivity contribution in [1.29, 1.82) is 0 Å². The van der Waals surface area contributed by atoms with Crippen LogP contribution < -0.4 is 0 Å². The molecule has 0 amide bonds. The topological polar surface area (TPSA) is 43.6 Å². The van der Waals surface area contributed by atoms with E-state index in [0.717, 1.165) is 13.0 Å². The monoisotopic (exact) mass is 705 g/mol. The van der Waals surface area contributed by atoms with E-state index in [4.69, 9.17) is 4.74 Å². The molecular formula is C7H13NO2UVWY-2. The van der Waals surface area contributed by atoms with Gasteiger partial charge in [-0.2, -0.15) is 0 Å². The fraction of sp³-hybridized carbons (Fsp3) is 0.857. The van der Waals surface area contributed by atoms with E-state index >= 15 is 0 Å². The Labute approximate surface area is 161 Å². The summed E-state index contributed by atoms with van der Waals surface area (Å²) in [7, 11) is 0. The van der Waals surface area contributed by atoms with Gasteiger partial charge in [-0.25, -0.2) is 0 Å². The third kappa shape index (κ3) is 6.30. The zero-order valence-corrected chi connectivity index (χ0v) is 19.4. The van der Waals surface area contributed by atoms with E-state index in [1.54, 1.807) is 0 Å². The second kappa shape index (κ2) is 12.8. The second-order valence-corrected chi connectivity index (χ2v) is 2.62. The van der Waals surface area contributed by atoms with Gasteiger partial charge in [0.05, 0.1) is 12.7 Å². The molecule has 7 heteroatoms. The summed E-state index contributed by atoms with van der Waals surface area (Å²) in [5.41, 5.74) is 0. The predicted octanol–water partition coefficient (Wildman–Crippen LogP) is 0.335. The Morgan fingerprint density at radius 1 is 1.36 bits per heavy atom. The average molecular weight is 705 g/mol. The first-order chi connectivity index (χ1) is 4.38. The van der Waals surface area contributed by atoms with Gasteiger partial charge in [-0.15, -0.1) is 6.54 Å². The van der Waals surface area contributed by atoms with E-state index in [9.17, 15) is 5.11 Å². The van der Waals surface area contributed by atoms with Crippen molar-refractivity contribution in [3.63, 3.8) is 0 Å². The molecule has 2 radical (unpaired) electrons. The van der Waals surface area contributed by atoms with Crippen molar-refractivity contribution in [2.45, 2.75) is 24.7 Å². The minimum atomic E-state index is -0.322. The number of aliphatic hydroxyl groups excluding tert-OH is 1. The molecule has 14 heavy (non-hydrogen) atoms. The van der Waals surface area contributed by atoms with Crippen LogP contribution in [0.2, 0.25) is 0 Å². The van der Waals surface area contributed by atoms with Gasteiger partial charge in [0.15, 0.2) is 0 Å². The summed E-state index contributed by atoms with van der Waals surface area (Å²) in [6.45, 7) is 1.35. The number of hydrogen-bond acceptors (Lipinski definition) is 2. The molecule has 78 valence electrons. The normalized spacial score (nSPS) is 31.9. The number of aliphatic hydroxyl groups is 1. The molecule has 0 bridgehead atoms. The van der Waals surface area contributed by atoms with Crippen LogP contribution >= 0.6 is 0 Å². The van der Waals surface area contributed by atoms with E-state index in [-0.39, 0.29) is 129 Å². The molecule has 0 aromatic heterocycles. The Hall–Kier alpha value is 3.31. The summed E-state index contributed by atoms with van der Waals surface area (Å²) in [6, 6.07) is 0.102. The second-order valence-electron chi connectivity index (χ2n) is 2.62. The number of hydrogen-bond donors (Lipinski definition) is 1. The molecule has 0 spiro atoms. The summed E-state index contributed by atoms with van der Waals surface area (Å²) in [5.74, 6) is 0. The van der Waals surface area contributed by atoms with Crippen LogP contribution in [0.15, 0.2) is 0 Å². The van der Waals surface area contributed by atoms with E-state index in [2.05, 4.69) is 5.32 Å². The molecule has 0 aromatic rings. The van der Waals surface area contributed by atoms with Crippen LogP contribution in [0, 0.1) is 38.5 Å². The van der Waals surface area contributed by atoms with Gasteiger partial charge in [0, 0.05) is 110 Å². The summed E-state index contributed by atoms with van der Waals surface area (Å²) in [5, 5.41) is 13.4. The van der Waals surface area contributed by atoms with Crippen molar-refractivity contribution in [2.75, 3.05) is 13.2 Å². The largest absolute Gasteiger partial charge is 0.655 e. The van der Waals surface area contributed by atoms with Crippen LogP contribution in [0.25, 0.3) is 5.32 Å². The Bertz CT molecular complexity index is 138. The summed E-state index contributed by atoms with van der Waals surface area (Å²) in [6.07, 6.45) is 0.916. The predicted molar refractivity (Wildman–Crippen MR) is 38.8 cm³/mol. The summed E-state index contributed by atoms with van der Waals surface area (Å²) in [4.78, 5) is 0. The molecule has 0 aromatic carbocycles. The van der Waals surface area contributed by atoms with Gasteiger partial charge in [-0.1, -0.05) is 6.04 Å². The van der Waals surface area contributed by atoms with Crippen molar-refractivity contribution < 1.29 is 113 Å². The van der Waals surface area contributed by atoms with Gasteiger partial charge in [0.2, 0.25) is 0 Å². The molecular weight excluding hydrogens is 692 g/mol. The molecule has 2 heterocycles. The van der Waals surface area contributed by atoms with Crippen molar-refractivity contribution in [1.82, 2.24) is 0 Å². The maximum absolute atomic E-state index is 9.18. The molecule has 2 aliphatic rings. The standard InChI is InChI=1S/C6H10NO2.CH3.U.V.W.Y/c8-4-3-9-5-1-2-7-6(4)5;;;;;/h4-6,8H,1-3H2;1H3;;;;/q2*-1;;;;. The number of nitrogens with zero attached hydrogens (tertiary/aromatic N) is 1. The molecule has 3 unspecified atom stereocenters. The Balaban J connectivity index is -0.0000001000. The molecule has 2 saturated heterocycles. The Kier molecular flexibility index (Phi) is 23.7. The van der Waals surface area contributed by atoms with Crippen LogP contribution in [0.5, 0.6) is 0 Å². The minimum absolute atomic E-state index is 0. The van der Waals surface area contributed by atoms with Crippen molar-refractivity contribution in [3.05, 3.63) is 12.7 Å². The van der Waals surface area contributed by atoms with Crippen LogP contribution in [-0.2, 0) is 77.1 Å². The molecule has 0 saturated carbocycles. The van der Waals surface area contributed by atoms with Crippen molar-refractivity contribution in [2.24, 2.45) is 0 Å². The van der Waals surface area contributed by atoms with Gasteiger partial charge >= 0.3 is 0 Å². The van der Waals surface area contributed by atoms with Crippen LogP contribution in [0.3, 0.4) is 0 Å². The Morgan fingerprint density at radius 3 is 2.43 bits per heavy atom. The van der Waals surface area contributed by atoms with Gasteiger partial charge in [0.25, 0.3) is 0 Å². The minimum Gasteiger partial charge on any atom is -0.655 e. The first-order valence-electron chi connectivity index (χ1n) is 3.34. The van der Waals surface area contributed by atoms with E-state index in [1.807, 2.05) is 0 Å². The van der Waals surface area contributed by atoms with Crippen LogP contribution in [0.1, 0.15) is 6.42 Å². The quantitative estimate of drug-likeness (QED) is 0.370. The van der Waals surface area contributed by atoms with Gasteiger partial charge in [-0.05, 0) is 6.42 Å². The van der Waals surface area contributed by atoms with Gasteiger partial charge in [-0.3, -0.25) is 0 Å². The number of fused-ring (bicyclic) bond motifs is 1. The van der Waals surface area contributed by atoms with Gasteiger partial charge < -0.3 is 22.6 Å². The number of rotatable bonds is 0. The fourth-order valence-electron chi connectivity index (χ4n) is 1.51. The molecule has 2 aliphatic heterocycles. The van der Waals surface area contributed by atoms with E-state index in [1.165, 1.54) is 0 Å². The molecule has 2 rings (SSSR count). The molecule has 3 atom stereocenters. The first-order valence-corrected chi connectivity index (χ1v) is 3.34. The average Bonchev–Trinajstić information content (AvgIpc) is 2.35. The maximum atomic E-state index is 9.18. The fourth-order valence-corrected chi connectivity index (χ4v) is 1.51. The summed E-state index contributed by atoms with van der Waals surface area (Å²) < 4.78 is 5.25. The molecule has 3 nitrogen and oxygen atoms in total. The van der Waals surface area contributed by atoms with Crippen LogP contribution in [0.4, 0.5) is 0 Å².